The molecule has 1 aromatic rings. The van der Waals surface area contributed by atoms with Gasteiger partial charge in [-0.1, -0.05) is 133 Å². The topological polar surface area (TPSA) is 0 Å². The summed E-state index contributed by atoms with van der Waals surface area (Å²) < 4.78 is 0. The van der Waals surface area contributed by atoms with Crippen LogP contribution in [-0.4, -0.2) is 32.3 Å². The summed E-state index contributed by atoms with van der Waals surface area (Å²) in [6.07, 6.45) is 13.6. The van der Waals surface area contributed by atoms with Gasteiger partial charge in [0.05, 0.1) is 0 Å². The van der Waals surface area contributed by atoms with Gasteiger partial charge in [-0.3, -0.25) is 0 Å². The Morgan fingerprint density at radius 2 is 1.03 bits per heavy atom. The molecule has 0 aliphatic heterocycles. The van der Waals surface area contributed by atoms with Crippen molar-refractivity contribution in [2.24, 2.45) is 0 Å². The van der Waals surface area contributed by atoms with Crippen molar-refractivity contribution in [3.05, 3.63) is 29.8 Å². The zero-order valence-electron chi connectivity index (χ0n) is 24.1. The molecule has 0 heterocycles. The Morgan fingerprint density at radius 1 is 0.656 bits per heavy atom. The average Bonchev–Trinajstić information content (AvgIpc) is 3.55. The molecule has 0 saturated heterocycles. The zero-order valence-corrected chi connectivity index (χ0v) is 27.0. The quantitative estimate of drug-likeness (QED) is 0.271. The van der Waals surface area contributed by atoms with Gasteiger partial charge in [0.15, 0.2) is 0 Å². The standard InChI is InChI=1S/C11H17P.C7H15P.C5H10.3C2H6.Fe/c1-9(2)10-7-5-6-8-11(10)12(3)4;1-8(2)7-5-3-4-6-7;1-2-4-5-3-1;3*1-2;/h5-9H,1-4H3;7H,3-6H2,1-2H3;1-5H2;3*1-2H3;. The number of rotatable bonds is 3. The van der Waals surface area contributed by atoms with Gasteiger partial charge in [-0.2, -0.15) is 0 Å². The smallest absolute Gasteiger partial charge is 0 e. The second kappa shape index (κ2) is 29.6. The molecule has 0 amide bonds. The Bertz CT molecular complexity index is 414. The maximum atomic E-state index is 2.41. The third-order valence-corrected chi connectivity index (χ3v) is 8.69. The molecular formula is C29H60FeP2. The summed E-state index contributed by atoms with van der Waals surface area (Å²) in [5.74, 6) is 0.658. The molecule has 0 unspecified atom stereocenters. The maximum absolute atomic E-state index is 2.41. The third-order valence-electron chi connectivity index (χ3n) is 5.35. The van der Waals surface area contributed by atoms with Gasteiger partial charge in [-0.25, -0.2) is 0 Å². The van der Waals surface area contributed by atoms with Crippen LogP contribution in [0.2, 0.25) is 0 Å². The molecular weight excluding hydrogens is 466 g/mol. The van der Waals surface area contributed by atoms with Crippen LogP contribution >= 0.6 is 15.8 Å². The summed E-state index contributed by atoms with van der Waals surface area (Å²) in [5.41, 5.74) is 2.65. The monoisotopic (exact) mass is 526 g/mol. The van der Waals surface area contributed by atoms with Gasteiger partial charge in [0.25, 0.3) is 0 Å². The van der Waals surface area contributed by atoms with Crippen LogP contribution in [0.5, 0.6) is 0 Å². The Morgan fingerprint density at radius 3 is 1.28 bits per heavy atom. The minimum Gasteiger partial charge on any atom is -0.110 e. The first-order valence-corrected chi connectivity index (χ1v) is 17.9. The minimum absolute atomic E-state index is 0. The summed E-state index contributed by atoms with van der Waals surface area (Å²) >= 11 is 0. The number of hydrogen-bond acceptors (Lipinski definition) is 0. The zero-order chi connectivity index (χ0) is 24.7. The van der Waals surface area contributed by atoms with E-state index in [4.69, 9.17) is 0 Å². The largest absolute Gasteiger partial charge is 0.110 e. The maximum Gasteiger partial charge on any atom is 0 e. The molecule has 0 nitrogen and oxygen atoms in total. The van der Waals surface area contributed by atoms with E-state index in [1.165, 1.54) is 63.4 Å². The van der Waals surface area contributed by atoms with Gasteiger partial charge >= 0.3 is 0 Å². The average molecular weight is 527 g/mol. The molecule has 3 rings (SSSR count). The summed E-state index contributed by atoms with van der Waals surface area (Å²) in [7, 11) is 0.450. The molecule has 0 bridgehead atoms. The van der Waals surface area contributed by atoms with Crippen molar-refractivity contribution in [2.45, 2.75) is 125 Å². The molecule has 2 aliphatic rings. The van der Waals surface area contributed by atoms with Crippen molar-refractivity contribution in [3.8, 4) is 0 Å². The predicted molar refractivity (Wildman–Crippen MR) is 157 cm³/mol. The summed E-state index contributed by atoms with van der Waals surface area (Å²) in [5, 5.41) is 1.56. The fraction of sp³-hybridized carbons (Fsp3) is 0.793. The summed E-state index contributed by atoms with van der Waals surface area (Å²) in [6.45, 7) is 26.0. The van der Waals surface area contributed by atoms with E-state index < -0.39 is 0 Å². The van der Waals surface area contributed by atoms with Crippen molar-refractivity contribution in [1.29, 1.82) is 0 Å². The number of hydrogen-bond donors (Lipinski definition) is 0. The van der Waals surface area contributed by atoms with Gasteiger partial charge in [-0.15, -0.1) is 7.92 Å². The van der Waals surface area contributed by atoms with Gasteiger partial charge in [0.2, 0.25) is 0 Å². The minimum atomic E-state index is 0. The molecule has 194 valence electrons. The SMILES string of the molecule is C1CCCC1.CC.CC.CC.CC(C)c1ccccc1P(C)C.CP(C)C1CCCC1.[Fe]. The van der Waals surface area contributed by atoms with E-state index in [1.54, 1.807) is 5.30 Å². The van der Waals surface area contributed by atoms with Crippen LogP contribution in [0.3, 0.4) is 0 Å². The Balaban J connectivity index is -0.000000171. The number of benzene rings is 1. The Kier molecular flexibility index (Phi) is 36.9. The molecule has 0 aromatic heterocycles. The molecule has 0 atom stereocenters. The van der Waals surface area contributed by atoms with Crippen molar-refractivity contribution < 1.29 is 17.1 Å². The molecule has 32 heavy (non-hydrogen) atoms. The van der Waals surface area contributed by atoms with Gasteiger partial charge in [0, 0.05) is 17.1 Å². The van der Waals surface area contributed by atoms with E-state index in [1.807, 2.05) is 41.5 Å². The van der Waals surface area contributed by atoms with E-state index in [-0.39, 0.29) is 25.0 Å². The molecule has 0 radical (unpaired) electrons. The van der Waals surface area contributed by atoms with E-state index in [2.05, 4.69) is 64.8 Å². The van der Waals surface area contributed by atoms with Crippen molar-refractivity contribution in [2.75, 3.05) is 26.7 Å². The van der Waals surface area contributed by atoms with E-state index in [0.717, 1.165) is 5.66 Å². The van der Waals surface area contributed by atoms with Crippen LogP contribution in [0, 0.1) is 0 Å². The molecule has 2 saturated carbocycles. The van der Waals surface area contributed by atoms with Crippen LogP contribution in [-0.2, 0) is 17.1 Å². The van der Waals surface area contributed by atoms with Crippen LogP contribution in [0.1, 0.15) is 125 Å². The van der Waals surface area contributed by atoms with Crippen molar-refractivity contribution >= 4 is 21.1 Å². The molecule has 3 heteroatoms. The van der Waals surface area contributed by atoms with Crippen molar-refractivity contribution in [1.82, 2.24) is 0 Å². The van der Waals surface area contributed by atoms with Gasteiger partial charge in [0.1, 0.15) is 0 Å². The first kappa shape index (κ1) is 39.8. The van der Waals surface area contributed by atoms with Gasteiger partial charge < -0.3 is 0 Å². The van der Waals surface area contributed by atoms with Gasteiger partial charge in [-0.05, 0) is 61.9 Å². The molecule has 0 spiro atoms. The molecule has 1 aromatic carbocycles. The second-order valence-electron chi connectivity index (χ2n) is 8.28. The molecule has 2 fully saturated rings. The first-order valence-electron chi connectivity index (χ1n) is 13.4. The normalized spacial score (nSPS) is 14.2. The fourth-order valence-corrected chi connectivity index (χ4v) is 6.32. The Labute approximate surface area is 218 Å². The first-order chi connectivity index (χ1) is 14.9. The predicted octanol–water partition coefficient (Wildman–Crippen LogP) is 10.9. The van der Waals surface area contributed by atoms with Crippen LogP contribution < -0.4 is 5.30 Å². The summed E-state index contributed by atoms with van der Waals surface area (Å²) in [6, 6.07) is 8.80. The van der Waals surface area contributed by atoms with E-state index in [0.29, 0.717) is 13.8 Å². The summed E-state index contributed by atoms with van der Waals surface area (Å²) in [4.78, 5) is 0. The van der Waals surface area contributed by atoms with Crippen LogP contribution in [0.25, 0.3) is 0 Å². The second-order valence-corrected chi connectivity index (χ2v) is 13.2. The van der Waals surface area contributed by atoms with Crippen LogP contribution in [0.15, 0.2) is 24.3 Å². The molecule has 0 N–H and O–H groups in total. The van der Waals surface area contributed by atoms with E-state index >= 15 is 0 Å². The molecule has 2 aliphatic carbocycles. The Hall–Kier alpha value is 0.599. The van der Waals surface area contributed by atoms with E-state index in [9.17, 15) is 0 Å². The third kappa shape index (κ3) is 21.2. The van der Waals surface area contributed by atoms with Crippen molar-refractivity contribution in [3.63, 3.8) is 0 Å². The van der Waals surface area contributed by atoms with Crippen LogP contribution in [0.4, 0.5) is 0 Å². The fourth-order valence-electron chi connectivity index (χ4n) is 3.69.